The van der Waals surface area contributed by atoms with Gasteiger partial charge in [0, 0.05) is 48.4 Å². The molecule has 1 saturated heterocycles. The molecular weight excluding hydrogens is 323 g/mol. The first-order chi connectivity index (χ1) is 10.7. The van der Waals surface area contributed by atoms with Crippen LogP contribution >= 0.6 is 11.8 Å². The highest BCUT2D eigenvalue weighted by molar-refractivity contribution is 7.98. The van der Waals surface area contributed by atoms with E-state index in [1.54, 1.807) is 11.8 Å². The van der Waals surface area contributed by atoms with E-state index in [0.29, 0.717) is 17.4 Å². The first-order valence-electron chi connectivity index (χ1n) is 7.82. The van der Waals surface area contributed by atoms with Crippen molar-refractivity contribution < 1.29 is 13.2 Å². The third-order valence-corrected chi connectivity index (χ3v) is 5.68. The molecule has 0 N–H and O–H groups in total. The van der Waals surface area contributed by atoms with E-state index in [-0.39, 0.29) is 5.54 Å². The number of hydrogen-bond donors (Lipinski definition) is 0. The lowest BCUT2D eigenvalue weighted by Gasteiger charge is -2.46. The van der Waals surface area contributed by atoms with Crippen LogP contribution in [-0.4, -0.2) is 46.9 Å². The molecule has 0 saturated carbocycles. The molecule has 128 valence electrons. The van der Waals surface area contributed by atoms with E-state index in [9.17, 15) is 13.2 Å². The molecule has 7 heteroatoms. The zero-order chi connectivity index (χ0) is 16.8. The van der Waals surface area contributed by atoms with Gasteiger partial charge < -0.3 is 4.90 Å². The van der Waals surface area contributed by atoms with Crippen LogP contribution in [0.2, 0.25) is 0 Å². The van der Waals surface area contributed by atoms with Gasteiger partial charge in [-0.1, -0.05) is 0 Å². The van der Waals surface area contributed by atoms with Crippen LogP contribution in [0, 0.1) is 0 Å². The first-order valence-corrected chi connectivity index (χ1v) is 8.97. The summed E-state index contributed by atoms with van der Waals surface area (Å²) >= 11 is 1.70. The summed E-state index contributed by atoms with van der Waals surface area (Å²) in [5.41, 5.74) is 0.166. The zero-order valence-corrected chi connectivity index (χ0v) is 14.5. The molecule has 1 fully saturated rings. The summed E-state index contributed by atoms with van der Waals surface area (Å²) in [6, 6.07) is 1.58. The Labute approximate surface area is 139 Å². The van der Waals surface area contributed by atoms with Crippen molar-refractivity contribution in [2.24, 2.45) is 0 Å². The van der Waals surface area contributed by atoms with Gasteiger partial charge in [0.2, 0.25) is 0 Å². The Balaban J connectivity index is 1.88. The van der Waals surface area contributed by atoms with Gasteiger partial charge >= 0.3 is 6.18 Å². The van der Waals surface area contributed by atoms with Crippen LogP contribution in [0.4, 0.5) is 19.0 Å². The van der Waals surface area contributed by atoms with Gasteiger partial charge in [-0.3, -0.25) is 4.90 Å². The van der Waals surface area contributed by atoms with E-state index in [0.717, 1.165) is 37.4 Å². The van der Waals surface area contributed by atoms with Gasteiger partial charge in [0.05, 0.1) is 11.6 Å². The maximum atomic E-state index is 12.9. The molecule has 3 rings (SSSR count). The van der Waals surface area contributed by atoms with Gasteiger partial charge in [-0.15, -0.1) is 0 Å². The molecule has 1 aromatic heterocycles. The molecular formula is C16H22F3N3S. The lowest BCUT2D eigenvalue weighted by Crippen LogP contribution is -2.59. The number of rotatable bonds is 0. The summed E-state index contributed by atoms with van der Waals surface area (Å²) in [5, 5.41) is 0. The first kappa shape index (κ1) is 16.9. The van der Waals surface area contributed by atoms with Crippen molar-refractivity contribution in [3.8, 4) is 0 Å². The average molecular weight is 345 g/mol. The lowest BCUT2D eigenvalue weighted by atomic mass is 10.0. The van der Waals surface area contributed by atoms with Crippen LogP contribution in [0.15, 0.2) is 12.3 Å². The topological polar surface area (TPSA) is 19.4 Å². The van der Waals surface area contributed by atoms with Crippen molar-refractivity contribution >= 4 is 17.6 Å². The summed E-state index contributed by atoms with van der Waals surface area (Å²) in [6.07, 6.45) is -3.36. The number of anilines is 1. The largest absolute Gasteiger partial charge is 0.417 e. The van der Waals surface area contributed by atoms with Crippen molar-refractivity contribution in [1.29, 1.82) is 0 Å². The number of nitrogens with zero attached hydrogens (tertiary/aromatic N) is 3. The maximum Gasteiger partial charge on any atom is 0.417 e. The molecule has 1 aromatic rings. The summed E-state index contributed by atoms with van der Waals surface area (Å²) in [4.78, 5) is 8.85. The Morgan fingerprint density at radius 2 is 1.96 bits per heavy atom. The summed E-state index contributed by atoms with van der Waals surface area (Å²) in [7, 11) is 0. The maximum absolute atomic E-state index is 12.9. The molecule has 0 amide bonds. The highest BCUT2D eigenvalue weighted by Crippen LogP contribution is 2.36. The number of alkyl halides is 3. The third kappa shape index (κ3) is 3.45. The molecule has 3 nitrogen and oxygen atoms in total. The molecule has 0 unspecified atom stereocenters. The molecule has 3 heterocycles. The number of aromatic nitrogens is 1. The van der Waals surface area contributed by atoms with Crippen LogP contribution in [0.25, 0.3) is 0 Å². The number of thioether (sulfide) groups is 1. The highest BCUT2D eigenvalue weighted by Gasteiger charge is 2.37. The van der Waals surface area contributed by atoms with Crippen molar-refractivity contribution in [2.45, 2.75) is 44.3 Å². The second kappa shape index (κ2) is 5.84. The minimum absolute atomic E-state index is 0.111. The summed E-state index contributed by atoms with van der Waals surface area (Å²) in [5.74, 6) is 2.25. The SMILES string of the molecule is CC(C)(C)N1CCN2c3ncc(C(F)(F)F)cc3CSC[C@@H]2C1. The van der Waals surface area contributed by atoms with Crippen molar-refractivity contribution in [2.75, 3.05) is 30.3 Å². The van der Waals surface area contributed by atoms with Gasteiger partial charge in [0.15, 0.2) is 0 Å². The van der Waals surface area contributed by atoms with Gasteiger partial charge in [0.25, 0.3) is 0 Å². The average Bonchev–Trinajstić information content (AvgIpc) is 2.63. The molecule has 0 aromatic carbocycles. The summed E-state index contributed by atoms with van der Waals surface area (Å²) in [6.45, 7) is 9.26. The van der Waals surface area contributed by atoms with Gasteiger partial charge in [-0.25, -0.2) is 4.98 Å². The molecule has 23 heavy (non-hydrogen) atoms. The minimum Gasteiger partial charge on any atom is -0.350 e. The van der Waals surface area contributed by atoms with Crippen molar-refractivity contribution in [3.05, 3.63) is 23.4 Å². The Hall–Kier alpha value is -0.950. The second-order valence-electron chi connectivity index (χ2n) is 7.18. The Morgan fingerprint density at radius 3 is 2.61 bits per heavy atom. The summed E-state index contributed by atoms with van der Waals surface area (Å²) < 4.78 is 38.7. The van der Waals surface area contributed by atoms with E-state index >= 15 is 0 Å². The second-order valence-corrected chi connectivity index (χ2v) is 8.21. The molecule has 0 bridgehead atoms. The molecule has 0 spiro atoms. The Bertz CT molecular complexity index is 583. The van der Waals surface area contributed by atoms with Crippen molar-refractivity contribution in [3.63, 3.8) is 0 Å². The lowest BCUT2D eigenvalue weighted by molar-refractivity contribution is -0.137. The smallest absolute Gasteiger partial charge is 0.350 e. The van der Waals surface area contributed by atoms with Crippen molar-refractivity contribution in [1.82, 2.24) is 9.88 Å². The molecule has 2 aliphatic heterocycles. The molecule has 1 atom stereocenters. The van der Waals surface area contributed by atoms with Gasteiger partial charge in [0.1, 0.15) is 5.82 Å². The molecule has 2 aliphatic rings. The van der Waals surface area contributed by atoms with E-state index in [1.807, 2.05) is 0 Å². The Kier molecular flexibility index (Phi) is 4.29. The Morgan fingerprint density at radius 1 is 1.22 bits per heavy atom. The highest BCUT2D eigenvalue weighted by atomic mass is 32.2. The van der Waals surface area contributed by atoms with Crippen LogP contribution < -0.4 is 4.90 Å². The minimum atomic E-state index is -4.33. The van der Waals surface area contributed by atoms with E-state index in [1.165, 1.54) is 6.07 Å². The predicted molar refractivity (Wildman–Crippen MR) is 87.9 cm³/mol. The van der Waals surface area contributed by atoms with Crippen LogP contribution in [0.3, 0.4) is 0 Å². The fourth-order valence-electron chi connectivity index (χ4n) is 3.21. The number of hydrogen-bond acceptors (Lipinski definition) is 4. The quantitative estimate of drug-likeness (QED) is 0.715. The fourth-order valence-corrected chi connectivity index (χ4v) is 4.32. The number of pyridine rings is 1. The third-order valence-electron chi connectivity index (χ3n) is 4.54. The van der Waals surface area contributed by atoms with E-state index in [2.05, 4.69) is 35.6 Å². The van der Waals surface area contributed by atoms with Crippen LogP contribution in [0.1, 0.15) is 31.9 Å². The molecule has 0 aliphatic carbocycles. The standard InChI is InChI=1S/C16H22F3N3S/c1-15(2,3)21-4-5-22-13(8-21)10-23-9-11-6-12(16(17,18)19)7-20-14(11)22/h6-7,13H,4-5,8-10H2,1-3H3/t13-/m0/s1. The number of piperazine rings is 1. The number of halogens is 3. The van der Waals surface area contributed by atoms with E-state index < -0.39 is 11.7 Å². The monoisotopic (exact) mass is 345 g/mol. The van der Waals surface area contributed by atoms with Gasteiger partial charge in [-0.05, 0) is 26.8 Å². The molecule has 0 radical (unpaired) electrons. The van der Waals surface area contributed by atoms with Crippen LogP contribution in [-0.2, 0) is 11.9 Å². The normalized spacial score (nSPS) is 23.2. The van der Waals surface area contributed by atoms with Crippen LogP contribution in [0.5, 0.6) is 0 Å². The zero-order valence-electron chi connectivity index (χ0n) is 13.7. The fraction of sp³-hybridized carbons (Fsp3) is 0.688. The number of fused-ring (bicyclic) bond motifs is 3. The van der Waals surface area contributed by atoms with Gasteiger partial charge in [-0.2, -0.15) is 24.9 Å². The van der Waals surface area contributed by atoms with E-state index in [4.69, 9.17) is 0 Å². The predicted octanol–water partition coefficient (Wildman–Crippen LogP) is 3.64.